The molecule has 1 aromatic carbocycles. The predicted molar refractivity (Wildman–Crippen MR) is 65.4 cm³/mol. The van der Waals surface area contributed by atoms with Crippen LogP contribution in [0.3, 0.4) is 0 Å². The van der Waals surface area contributed by atoms with Crippen molar-refractivity contribution in [3.05, 3.63) is 41.6 Å². The van der Waals surface area contributed by atoms with Crippen LogP contribution in [0.2, 0.25) is 0 Å². The van der Waals surface area contributed by atoms with E-state index in [1.807, 2.05) is 24.3 Å². The van der Waals surface area contributed by atoms with Crippen molar-refractivity contribution in [2.75, 3.05) is 0 Å². The Kier molecular flexibility index (Phi) is 2.91. The molecule has 0 bridgehead atoms. The fraction of sp³-hybridized carbons (Fsp3) is 0.308. The zero-order valence-electron chi connectivity index (χ0n) is 10.4. The normalized spacial score (nSPS) is 16.8. The van der Waals surface area contributed by atoms with Crippen molar-refractivity contribution >= 4 is 5.91 Å². The number of aromatic nitrogens is 2. The molecule has 1 unspecified atom stereocenters. The van der Waals surface area contributed by atoms with Crippen molar-refractivity contribution in [1.82, 2.24) is 15.5 Å². The molecule has 1 aromatic heterocycles. The molecular weight excluding hydrogens is 246 g/mol. The standard InChI is InChI=1S/C13H13N3O3/c1-8-15-16-12(18-8)7-14-13(17)11-6-9-4-2-3-5-10(9)19-11/h2-5,11H,6-7H2,1H3,(H,14,17). The molecule has 1 atom stereocenters. The summed E-state index contributed by atoms with van der Waals surface area (Å²) in [6, 6.07) is 7.65. The Bertz CT molecular complexity index is 584. The third-order valence-electron chi connectivity index (χ3n) is 2.92. The molecule has 3 rings (SSSR count). The number of nitrogens with one attached hydrogen (secondary N) is 1. The average Bonchev–Trinajstić information content (AvgIpc) is 3.01. The summed E-state index contributed by atoms with van der Waals surface area (Å²) in [6.07, 6.45) is 0.103. The molecular formula is C13H13N3O3. The molecule has 0 radical (unpaired) electrons. The fourth-order valence-corrected chi connectivity index (χ4v) is 2.01. The highest BCUT2D eigenvalue weighted by atomic mass is 16.5. The summed E-state index contributed by atoms with van der Waals surface area (Å²) in [5, 5.41) is 10.2. The van der Waals surface area contributed by atoms with Crippen LogP contribution in [0.25, 0.3) is 0 Å². The molecule has 1 aliphatic rings. The molecule has 0 spiro atoms. The molecule has 1 aliphatic heterocycles. The van der Waals surface area contributed by atoms with Gasteiger partial charge >= 0.3 is 0 Å². The zero-order valence-corrected chi connectivity index (χ0v) is 10.4. The van der Waals surface area contributed by atoms with E-state index in [4.69, 9.17) is 9.15 Å². The van der Waals surface area contributed by atoms with E-state index in [1.165, 1.54) is 0 Å². The lowest BCUT2D eigenvalue weighted by Gasteiger charge is -2.09. The van der Waals surface area contributed by atoms with Gasteiger partial charge in [-0.2, -0.15) is 0 Å². The minimum Gasteiger partial charge on any atom is -0.480 e. The van der Waals surface area contributed by atoms with Crippen molar-refractivity contribution in [3.63, 3.8) is 0 Å². The average molecular weight is 259 g/mol. The van der Waals surface area contributed by atoms with E-state index in [0.29, 0.717) is 18.2 Å². The summed E-state index contributed by atoms with van der Waals surface area (Å²) >= 11 is 0. The molecule has 1 amide bonds. The number of para-hydroxylation sites is 1. The van der Waals surface area contributed by atoms with Crippen molar-refractivity contribution < 1.29 is 13.9 Å². The lowest BCUT2D eigenvalue weighted by molar-refractivity contribution is -0.127. The summed E-state index contributed by atoms with van der Waals surface area (Å²) in [5.74, 6) is 1.47. The van der Waals surface area contributed by atoms with Gasteiger partial charge in [0.15, 0.2) is 6.10 Å². The van der Waals surface area contributed by atoms with Crippen LogP contribution in [0.4, 0.5) is 0 Å². The van der Waals surface area contributed by atoms with E-state index < -0.39 is 6.10 Å². The molecule has 6 heteroatoms. The van der Waals surface area contributed by atoms with E-state index >= 15 is 0 Å². The molecule has 19 heavy (non-hydrogen) atoms. The highest BCUT2D eigenvalue weighted by molar-refractivity contribution is 5.82. The molecule has 2 aromatic rings. The molecule has 6 nitrogen and oxygen atoms in total. The Morgan fingerprint density at radius 2 is 2.26 bits per heavy atom. The number of amides is 1. The number of ether oxygens (including phenoxy) is 1. The molecule has 1 N–H and O–H groups in total. The van der Waals surface area contributed by atoms with Crippen LogP contribution in [-0.2, 0) is 17.8 Å². The first-order valence-corrected chi connectivity index (χ1v) is 6.03. The third kappa shape index (κ3) is 2.42. The second kappa shape index (κ2) is 4.72. The highest BCUT2D eigenvalue weighted by Crippen LogP contribution is 2.28. The lowest BCUT2D eigenvalue weighted by atomic mass is 10.1. The number of fused-ring (bicyclic) bond motifs is 1. The fourth-order valence-electron chi connectivity index (χ4n) is 2.01. The number of rotatable bonds is 3. The van der Waals surface area contributed by atoms with Crippen LogP contribution in [0.15, 0.2) is 28.7 Å². The topological polar surface area (TPSA) is 77.2 Å². The second-order valence-corrected chi connectivity index (χ2v) is 4.35. The number of hydrogen-bond donors (Lipinski definition) is 1. The smallest absolute Gasteiger partial charge is 0.261 e. The van der Waals surface area contributed by atoms with Gasteiger partial charge in [-0.15, -0.1) is 10.2 Å². The molecule has 0 fully saturated rings. The summed E-state index contributed by atoms with van der Waals surface area (Å²) < 4.78 is 10.8. The number of carbonyl (C=O) groups excluding carboxylic acids is 1. The maximum Gasteiger partial charge on any atom is 0.261 e. The first kappa shape index (κ1) is 11.7. The first-order valence-electron chi connectivity index (χ1n) is 6.03. The lowest BCUT2D eigenvalue weighted by Crippen LogP contribution is -2.37. The van der Waals surface area contributed by atoms with E-state index in [0.717, 1.165) is 11.3 Å². The quantitative estimate of drug-likeness (QED) is 0.889. The number of nitrogens with zero attached hydrogens (tertiary/aromatic N) is 2. The largest absolute Gasteiger partial charge is 0.480 e. The molecule has 2 heterocycles. The SMILES string of the molecule is Cc1nnc(CNC(=O)C2Cc3ccccc3O2)o1. The Hall–Kier alpha value is -2.37. The highest BCUT2D eigenvalue weighted by Gasteiger charge is 2.28. The van der Waals surface area contributed by atoms with Gasteiger partial charge in [-0.1, -0.05) is 18.2 Å². The van der Waals surface area contributed by atoms with Crippen LogP contribution >= 0.6 is 0 Å². The van der Waals surface area contributed by atoms with Gasteiger partial charge in [-0.25, -0.2) is 0 Å². The van der Waals surface area contributed by atoms with Gasteiger partial charge in [0.25, 0.3) is 5.91 Å². The van der Waals surface area contributed by atoms with Gasteiger partial charge in [0.05, 0.1) is 6.54 Å². The Balaban J connectivity index is 1.58. The second-order valence-electron chi connectivity index (χ2n) is 4.35. The summed E-state index contributed by atoms with van der Waals surface area (Å²) in [5.41, 5.74) is 1.05. The van der Waals surface area contributed by atoms with E-state index in [1.54, 1.807) is 6.92 Å². The van der Waals surface area contributed by atoms with Crippen molar-refractivity contribution in [2.45, 2.75) is 26.0 Å². The van der Waals surface area contributed by atoms with Crippen LogP contribution in [0.5, 0.6) is 5.75 Å². The monoisotopic (exact) mass is 259 g/mol. The van der Waals surface area contributed by atoms with Crippen molar-refractivity contribution in [2.24, 2.45) is 0 Å². The number of aryl methyl sites for hydroxylation is 1. The first-order chi connectivity index (χ1) is 9.22. The number of hydrogen-bond acceptors (Lipinski definition) is 5. The van der Waals surface area contributed by atoms with Crippen LogP contribution in [-0.4, -0.2) is 22.2 Å². The van der Waals surface area contributed by atoms with Crippen molar-refractivity contribution in [1.29, 1.82) is 0 Å². The van der Waals surface area contributed by atoms with Gasteiger partial charge in [0.2, 0.25) is 11.8 Å². The molecule has 0 saturated carbocycles. The maximum atomic E-state index is 12.0. The van der Waals surface area contributed by atoms with Gasteiger partial charge in [0.1, 0.15) is 5.75 Å². The Morgan fingerprint density at radius 1 is 1.42 bits per heavy atom. The summed E-state index contributed by atoms with van der Waals surface area (Å²) in [7, 11) is 0. The molecule has 0 saturated heterocycles. The van der Waals surface area contributed by atoms with Gasteiger partial charge in [-0.05, 0) is 11.6 Å². The zero-order chi connectivity index (χ0) is 13.2. The minimum atomic E-state index is -0.485. The Labute approximate surface area is 109 Å². The van der Waals surface area contributed by atoms with Crippen LogP contribution < -0.4 is 10.1 Å². The summed E-state index contributed by atoms with van der Waals surface area (Å²) in [4.78, 5) is 12.0. The predicted octanol–water partition coefficient (Wildman–Crippen LogP) is 0.998. The molecule has 98 valence electrons. The number of carbonyl (C=O) groups is 1. The number of benzene rings is 1. The third-order valence-corrected chi connectivity index (χ3v) is 2.92. The van der Waals surface area contributed by atoms with Crippen molar-refractivity contribution in [3.8, 4) is 5.75 Å². The van der Waals surface area contributed by atoms with Crippen LogP contribution in [0.1, 0.15) is 17.3 Å². The Morgan fingerprint density at radius 3 is 3.00 bits per heavy atom. The van der Waals surface area contributed by atoms with E-state index in [9.17, 15) is 4.79 Å². The maximum absolute atomic E-state index is 12.0. The van der Waals surface area contributed by atoms with Gasteiger partial charge in [-0.3, -0.25) is 4.79 Å². The van der Waals surface area contributed by atoms with E-state index in [2.05, 4.69) is 15.5 Å². The molecule has 0 aliphatic carbocycles. The van der Waals surface area contributed by atoms with Crippen LogP contribution in [0, 0.1) is 6.92 Å². The van der Waals surface area contributed by atoms with Gasteiger partial charge in [0, 0.05) is 13.3 Å². The minimum absolute atomic E-state index is 0.174. The summed E-state index contributed by atoms with van der Waals surface area (Å²) in [6.45, 7) is 1.92. The van der Waals surface area contributed by atoms with Gasteiger partial charge < -0.3 is 14.5 Å². The van der Waals surface area contributed by atoms with E-state index in [-0.39, 0.29) is 12.5 Å².